The Bertz CT molecular complexity index is 1450. The van der Waals surface area contributed by atoms with Crippen molar-refractivity contribution in [3.8, 4) is 28.6 Å². The molecule has 0 radical (unpaired) electrons. The molecular formula is C25H17FN4O3. The first-order valence-corrected chi connectivity index (χ1v) is 10.1. The molecule has 5 aromatic rings. The van der Waals surface area contributed by atoms with Crippen molar-refractivity contribution < 1.29 is 18.4 Å². The summed E-state index contributed by atoms with van der Waals surface area (Å²) in [7, 11) is 0. The number of carbonyl (C=O) groups is 1. The Morgan fingerprint density at radius 2 is 1.73 bits per heavy atom. The highest BCUT2D eigenvalue weighted by molar-refractivity contribution is 5.94. The zero-order valence-electron chi connectivity index (χ0n) is 17.2. The number of hydrogen-bond donors (Lipinski definition) is 1. The van der Waals surface area contributed by atoms with Crippen LogP contribution in [0, 0.1) is 5.82 Å². The van der Waals surface area contributed by atoms with E-state index in [1.54, 1.807) is 48.8 Å². The zero-order chi connectivity index (χ0) is 22.6. The number of hydrogen-bond acceptors (Lipinski definition) is 6. The fraction of sp³-hybridized carbons (Fsp3) is 0.0400. The molecule has 0 unspecified atom stereocenters. The minimum Gasteiger partial charge on any atom is -0.483 e. The minimum absolute atomic E-state index is 0.0876. The maximum Gasteiger partial charge on any atom is 0.262 e. The summed E-state index contributed by atoms with van der Waals surface area (Å²) >= 11 is 0. The fourth-order valence-corrected chi connectivity index (χ4v) is 3.40. The van der Waals surface area contributed by atoms with Crippen LogP contribution in [-0.4, -0.2) is 27.6 Å². The van der Waals surface area contributed by atoms with Gasteiger partial charge in [0, 0.05) is 23.3 Å². The van der Waals surface area contributed by atoms with E-state index in [2.05, 4.69) is 20.4 Å². The van der Waals surface area contributed by atoms with Crippen LogP contribution in [0.5, 0.6) is 5.75 Å². The molecule has 0 spiro atoms. The van der Waals surface area contributed by atoms with Gasteiger partial charge in [-0.15, -0.1) is 0 Å². The van der Waals surface area contributed by atoms with E-state index in [0.717, 1.165) is 16.3 Å². The number of rotatable bonds is 6. The van der Waals surface area contributed by atoms with Crippen LogP contribution < -0.4 is 10.1 Å². The maximum atomic E-state index is 13.8. The quantitative estimate of drug-likeness (QED) is 0.395. The van der Waals surface area contributed by atoms with Crippen molar-refractivity contribution in [1.82, 2.24) is 15.1 Å². The number of anilines is 1. The lowest BCUT2D eigenvalue weighted by Gasteiger charge is -2.10. The van der Waals surface area contributed by atoms with Gasteiger partial charge >= 0.3 is 0 Å². The number of aromatic nitrogens is 3. The van der Waals surface area contributed by atoms with E-state index in [9.17, 15) is 9.18 Å². The molecule has 2 heterocycles. The molecule has 2 aromatic heterocycles. The van der Waals surface area contributed by atoms with Crippen LogP contribution >= 0.6 is 0 Å². The molecule has 0 saturated heterocycles. The average Bonchev–Trinajstić information content (AvgIpc) is 3.34. The number of benzene rings is 3. The Kier molecular flexibility index (Phi) is 5.47. The number of halogens is 1. The third-order valence-electron chi connectivity index (χ3n) is 4.96. The molecule has 33 heavy (non-hydrogen) atoms. The van der Waals surface area contributed by atoms with Crippen LogP contribution in [0.15, 0.2) is 89.7 Å². The third-order valence-corrected chi connectivity index (χ3v) is 4.96. The summed E-state index contributed by atoms with van der Waals surface area (Å²) in [6.07, 6.45) is 3.46. The molecule has 0 atom stereocenters. The lowest BCUT2D eigenvalue weighted by molar-refractivity contribution is -0.118. The largest absolute Gasteiger partial charge is 0.483 e. The second kappa shape index (κ2) is 8.88. The van der Waals surface area contributed by atoms with Crippen LogP contribution in [0.2, 0.25) is 0 Å². The van der Waals surface area contributed by atoms with Gasteiger partial charge < -0.3 is 14.6 Å². The molecule has 1 amide bonds. The van der Waals surface area contributed by atoms with Gasteiger partial charge in [-0.2, -0.15) is 4.98 Å². The molecule has 0 fully saturated rings. The minimum atomic E-state index is -0.521. The number of ether oxygens (including phenoxy) is 1. The molecule has 8 heteroatoms. The molecule has 0 aliphatic carbocycles. The maximum absolute atomic E-state index is 13.8. The zero-order valence-corrected chi connectivity index (χ0v) is 17.2. The second-order valence-corrected chi connectivity index (χ2v) is 7.14. The van der Waals surface area contributed by atoms with Crippen molar-refractivity contribution >= 4 is 22.4 Å². The smallest absolute Gasteiger partial charge is 0.262 e. The summed E-state index contributed by atoms with van der Waals surface area (Å²) in [5.41, 5.74) is 1.36. The topological polar surface area (TPSA) is 90.1 Å². The summed E-state index contributed by atoms with van der Waals surface area (Å²) in [6.45, 7) is -0.320. The summed E-state index contributed by atoms with van der Waals surface area (Å²) in [5.74, 6) is -0.00705. The van der Waals surface area contributed by atoms with Crippen LogP contribution in [0.1, 0.15) is 0 Å². The van der Waals surface area contributed by atoms with Gasteiger partial charge in [0.1, 0.15) is 11.6 Å². The number of pyridine rings is 1. The van der Waals surface area contributed by atoms with Gasteiger partial charge in [-0.25, -0.2) is 4.39 Å². The molecular weight excluding hydrogens is 423 g/mol. The molecule has 7 nitrogen and oxygen atoms in total. The van der Waals surface area contributed by atoms with E-state index in [4.69, 9.17) is 9.26 Å². The highest BCUT2D eigenvalue weighted by Gasteiger charge is 2.17. The van der Waals surface area contributed by atoms with Gasteiger partial charge in [-0.05, 0) is 29.7 Å². The van der Waals surface area contributed by atoms with Gasteiger partial charge in [0.15, 0.2) is 6.61 Å². The number of fused-ring (bicyclic) bond motifs is 1. The van der Waals surface area contributed by atoms with E-state index in [-0.39, 0.29) is 18.2 Å². The predicted molar refractivity (Wildman–Crippen MR) is 121 cm³/mol. The van der Waals surface area contributed by atoms with E-state index in [0.29, 0.717) is 17.1 Å². The van der Waals surface area contributed by atoms with Gasteiger partial charge in [0.2, 0.25) is 5.82 Å². The first kappa shape index (κ1) is 20.3. The second-order valence-electron chi connectivity index (χ2n) is 7.14. The molecule has 1 N–H and O–H groups in total. The van der Waals surface area contributed by atoms with Crippen LogP contribution in [0.3, 0.4) is 0 Å². The van der Waals surface area contributed by atoms with E-state index < -0.39 is 11.7 Å². The lowest BCUT2D eigenvalue weighted by atomic mass is 10.1. The molecule has 3 aromatic carbocycles. The fourth-order valence-electron chi connectivity index (χ4n) is 3.40. The highest BCUT2D eigenvalue weighted by Crippen LogP contribution is 2.32. The molecule has 0 aliphatic heterocycles. The van der Waals surface area contributed by atoms with Crippen molar-refractivity contribution in [3.63, 3.8) is 0 Å². The Morgan fingerprint density at radius 1 is 0.939 bits per heavy atom. The van der Waals surface area contributed by atoms with Crippen LogP contribution in [0.4, 0.5) is 10.1 Å². The molecule has 0 saturated carbocycles. The van der Waals surface area contributed by atoms with E-state index in [1.165, 1.54) is 12.1 Å². The van der Waals surface area contributed by atoms with Crippen molar-refractivity contribution in [2.45, 2.75) is 0 Å². The van der Waals surface area contributed by atoms with Crippen molar-refractivity contribution in [2.75, 3.05) is 11.9 Å². The lowest BCUT2D eigenvalue weighted by Crippen LogP contribution is -2.20. The first-order chi connectivity index (χ1) is 16.2. The van der Waals surface area contributed by atoms with Gasteiger partial charge in [0.25, 0.3) is 11.8 Å². The standard InChI is InChI=1S/C25H17FN4O3/c26-20-10-4-5-11-21(20)28-23(31)15-32-22-12-6-3-9-18(22)25-29-24(30-33-25)19-14-27-13-16-7-1-2-8-17(16)19/h1-14H,15H2,(H,28,31). The SMILES string of the molecule is O=C(COc1ccccc1-c1nc(-c2cncc3ccccc23)no1)Nc1ccccc1F. The molecule has 5 rings (SSSR count). The highest BCUT2D eigenvalue weighted by atomic mass is 19.1. The van der Waals surface area contributed by atoms with Gasteiger partial charge in [-0.3, -0.25) is 9.78 Å². The van der Waals surface area contributed by atoms with Gasteiger partial charge in [0.05, 0.1) is 11.3 Å². The van der Waals surface area contributed by atoms with Crippen molar-refractivity contribution in [1.29, 1.82) is 0 Å². The summed E-state index contributed by atoms with van der Waals surface area (Å²) < 4.78 is 24.9. The third kappa shape index (κ3) is 4.27. The number of nitrogens with one attached hydrogen (secondary N) is 1. The van der Waals surface area contributed by atoms with Crippen molar-refractivity contribution in [2.24, 2.45) is 0 Å². The Hall–Kier alpha value is -4.59. The normalized spacial score (nSPS) is 10.8. The summed E-state index contributed by atoms with van der Waals surface area (Å²) in [6, 6.07) is 20.7. The summed E-state index contributed by atoms with van der Waals surface area (Å²) in [4.78, 5) is 21.0. The monoisotopic (exact) mass is 440 g/mol. The van der Waals surface area contributed by atoms with Gasteiger partial charge in [-0.1, -0.05) is 53.7 Å². The Labute approximate surface area is 187 Å². The molecule has 0 aliphatic rings. The molecule has 0 bridgehead atoms. The van der Waals surface area contributed by atoms with E-state index in [1.807, 2.05) is 24.3 Å². The Morgan fingerprint density at radius 3 is 2.64 bits per heavy atom. The van der Waals surface area contributed by atoms with E-state index >= 15 is 0 Å². The van der Waals surface area contributed by atoms with Crippen molar-refractivity contribution in [3.05, 3.63) is 91.0 Å². The molecule has 162 valence electrons. The average molecular weight is 440 g/mol. The summed E-state index contributed by atoms with van der Waals surface area (Å²) in [5, 5.41) is 8.51. The number of nitrogens with zero attached hydrogens (tertiary/aromatic N) is 3. The number of para-hydroxylation sites is 2. The Balaban J connectivity index is 1.37. The number of carbonyl (C=O) groups excluding carboxylic acids is 1. The van der Waals surface area contributed by atoms with Crippen LogP contribution in [0.25, 0.3) is 33.6 Å². The predicted octanol–water partition coefficient (Wildman–Crippen LogP) is 5.11. The number of amides is 1. The van der Waals surface area contributed by atoms with Crippen LogP contribution in [-0.2, 0) is 4.79 Å². The first-order valence-electron chi connectivity index (χ1n) is 10.1.